The zero-order chi connectivity index (χ0) is 13.0. The summed E-state index contributed by atoms with van der Waals surface area (Å²) < 4.78 is 32.4. The van der Waals surface area contributed by atoms with E-state index >= 15 is 0 Å². The van der Waals surface area contributed by atoms with Gasteiger partial charge in [-0.2, -0.15) is 0 Å². The van der Waals surface area contributed by atoms with E-state index in [1.165, 1.54) is 6.07 Å². The predicted molar refractivity (Wildman–Crippen MR) is 64.6 cm³/mol. The molecule has 0 aromatic heterocycles. The van der Waals surface area contributed by atoms with Gasteiger partial charge in [0.05, 0.1) is 12.1 Å². The van der Waals surface area contributed by atoms with Gasteiger partial charge in [-0.15, -0.1) is 0 Å². The highest BCUT2D eigenvalue weighted by atomic mass is 19.1. The fourth-order valence-corrected chi connectivity index (χ4v) is 2.32. The van der Waals surface area contributed by atoms with Crippen LogP contribution in [0, 0.1) is 11.6 Å². The van der Waals surface area contributed by atoms with Crippen molar-refractivity contribution in [3.63, 3.8) is 0 Å². The molecule has 5 heteroatoms. The minimum Gasteiger partial charge on any atom is -0.378 e. The smallest absolute Gasteiger partial charge is 0.128 e. The molecular weight excluding hydrogens is 238 g/mol. The first-order chi connectivity index (χ1) is 8.70. The Morgan fingerprint density at radius 3 is 2.89 bits per heavy atom. The molecule has 18 heavy (non-hydrogen) atoms. The van der Waals surface area contributed by atoms with Crippen LogP contribution in [0.4, 0.5) is 8.78 Å². The Morgan fingerprint density at radius 2 is 2.22 bits per heavy atom. The largest absolute Gasteiger partial charge is 0.378 e. The van der Waals surface area contributed by atoms with Crippen LogP contribution in [0.3, 0.4) is 0 Å². The van der Waals surface area contributed by atoms with Gasteiger partial charge >= 0.3 is 0 Å². The molecule has 1 aromatic rings. The summed E-state index contributed by atoms with van der Waals surface area (Å²) in [7, 11) is 0. The number of nitrogens with two attached hydrogens (primary N) is 1. The fourth-order valence-electron chi connectivity index (χ4n) is 2.32. The first kappa shape index (κ1) is 13.4. The van der Waals surface area contributed by atoms with E-state index in [-0.39, 0.29) is 11.7 Å². The maximum absolute atomic E-state index is 13.7. The molecule has 1 aliphatic heterocycles. The Hall–Kier alpha value is -1.04. The summed E-state index contributed by atoms with van der Waals surface area (Å²) in [5.41, 5.74) is 2.80. The molecule has 0 saturated carbocycles. The Balaban J connectivity index is 2.09. The third-order valence-corrected chi connectivity index (χ3v) is 3.31. The van der Waals surface area contributed by atoms with E-state index < -0.39 is 17.7 Å². The van der Waals surface area contributed by atoms with Gasteiger partial charge in [-0.3, -0.25) is 11.3 Å². The summed E-state index contributed by atoms with van der Waals surface area (Å²) in [6, 6.07) is 2.98. The molecule has 1 aliphatic rings. The number of benzene rings is 1. The molecule has 2 unspecified atom stereocenters. The summed E-state index contributed by atoms with van der Waals surface area (Å²) in [6.45, 7) is 0.730. The third-order valence-electron chi connectivity index (χ3n) is 3.31. The number of ether oxygens (including phenoxy) is 1. The topological polar surface area (TPSA) is 47.3 Å². The average Bonchev–Trinajstić information content (AvgIpc) is 2.40. The van der Waals surface area contributed by atoms with Crippen LogP contribution in [0.1, 0.15) is 37.3 Å². The minimum atomic E-state index is -0.462. The van der Waals surface area contributed by atoms with E-state index in [0.29, 0.717) is 6.42 Å². The number of halogens is 2. The van der Waals surface area contributed by atoms with Crippen LogP contribution in [-0.4, -0.2) is 12.7 Å². The van der Waals surface area contributed by atoms with Crippen molar-refractivity contribution in [3.05, 3.63) is 35.4 Å². The van der Waals surface area contributed by atoms with Gasteiger partial charge in [-0.25, -0.2) is 8.78 Å². The van der Waals surface area contributed by atoms with Gasteiger partial charge in [0.2, 0.25) is 0 Å². The first-order valence-electron chi connectivity index (χ1n) is 6.23. The summed E-state index contributed by atoms with van der Waals surface area (Å²) in [4.78, 5) is 0. The molecule has 3 N–H and O–H groups in total. The molecule has 1 fully saturated rings. The molecule has 2 atom stereocenters. The van der Waals surface area contributed by atoms with Gasteiger partial charge < -0.3 is 4.74 Å². The normalized spacial score (nSPS) is 21.8. The maximum Gasteiger partial charge on any atom is 0.128 e. The molecule has 0 aliphatic carbocycles. The molecule has 2 rings (SSSR count). The van der Waals surface area contributed by atoms with Gasteiger partial charge in [0.1, 0.15) is 11.6 Å². The molecule has 0 spiro atoms. The lowest BCUT2D eigenvalue weighted by atomic mass is 9.96. The Labute approximate surface area is 105 Å². The van der Waals surface area contributed by atoms with Crippen molar-refractivity contribution in [1.82, 2.24) is 5.43 Å². The van der Waals surface area contributed by atoms with Crippen molar-refractivity contribution in [2.75, 3.05) is 6.61 Å². The van der Waals surface area contributed by atoms with Gasteiger partial charge in [0.15, 0.2) is 0 Å². The number of hydrogen-bond donors (Lipinski definition) is 2. The Bertz CT molecular complexity index is 395. The summed E-state index contributed by atoms with van der Waals surface area (Å²) in [6.07, 6.45) is 3.72. The first-order valence-corrected chi connectivity index (χ1v) is 6.23. The lowest BCUT2D eigenvalue weighted by Crippen LogP contribution is -2.33. The van der Waals surface area contributed by atoms with E-state index in [4.69, 9.17) is 10.6 Å². The monoisotopic (exact) mass is 256 g/mol. The molecule has 1 heterocycles. The molecule has 0 amide bonds. The quantitative estimate of drug-likeness (QED) is 0.642. The van der Waals surface area contributed by atoms with Crippen LogP contribution in [0.2, 0.25) is 0 Å². The standard InChI is InChI=1S/C13H18F2N2O/c14-9-4-5-12(15)11(7-9)13(17-16)8-10-3-1-2-6-18-10/h4-5,7,10,13,17H,1-3,6,8,16H2. The second-order valence-corrected chi connectivity index (χ2v) is 4.61. The number of rotatable bonds is 4. The molecule has 3 nitrogen and oxygen atoms in total. The molecular formula is C13H18F2N2O. The summed E-state index contributed by atoms with van der Waals surface area (Å²) >= 11 is 0. The van der Waals surface area contributed by atoms with E-state index in [9.17, 15) is 8.78 Å². The van der Waals surface area contributed by atoms with Crippen molar-refractivity contribution >= 4 is 0 Å². The van der Waals surface area contributed by atoms with E-state index in [2.05, 4.69) is 5.43 Å². The van der Waals surface area contributed by atoms with Crippen molar-refractivity contribution < 1.29 is 13.5 Å². The highest BCUT2D eigenvalue weighted by Crippen LogP contribution is 2.26. The van der Waals surface area contributed by atoms with Gasteiger partial charge in [-0.05, 0) is 43.9 Å². The second-order valence-electron chi connectivity index (χ2n) is 4.61. The lowest BCUT2D eigenvalue weighted by Gasteiger charge is -2.27. The van der Waals surface area contributed by atoms with Crippen molar-refractivity contribution in [1.29, 1.82) is 0 Å². The van der Waals surface area contributed by atoms with Crippen LogP contribution in [0.15, 0.2) is 18.2 Å². The van der Waals surface area contributed by atoms with E-state index in [1.807, 2.05) is 0 Å². The van der Waals surface area contributed by atoms with Crippen LogP contribution < -0.4 is 11.3 Å². The minimum absolute atomic E-state index is 0.0578. The van der Waals surface area contributed by atoms with Crippen molar-refractivity contribution in [2.45, 2.75) is 37.8 Å². The van der Waals surface area contributed by atoms with E-state index in [1.54, 1.807) is 0 Å². The Kier molecular flexibility index (Phi) is 4.63. The molecule has 100 valence electrons. The third kappa shape index (κ3) is 3.25. The summed E-state index contributed by atoms with van der Waals surface area (Å²) in [5.74, 6) is 4.54. The van der Waals surface area contributed by atoms with E-state index in [0.717, 1.165) is 38.0 Å². The SMILES string of the molecule is NNC(CC1CCCCO1)c1cc(F)ccc1F. The average molecular weight is 256 g/mol. The van der Waals surface area contributed by atoms with Crippen LogP contribution in [0.5, 0.6) is 0 Å². The number of nitrogens with one attached hydrogen (secondary N) is 1. The van der Waals surface area contributed by atoms with Crippen molar-refractivity contribution in [3.8, 4) is 0 Å². The molecule has 0 bridgehead atoms. The maximum atomic E-state index is 13.7. The van der Waals surface area contributed by atoms with Crippen LogP contribution in [-0.2, 0) is 4.74 Å². The highest BCUT2D eigenvalue weighted by molar-refractivity contribution is 5.22. The Morgan fingerprint density at radius 1 is 1.39 bits per heavy atom. The molecule has 1 aromatic carbocycles. The fraction of sp³-hybridized carbons (Fsp3) is 0.538. The molecule has 1 saturated heterocycles. The zero-order valence-electron chi connectivity index (χ0n) is 10.2. The van der Waals surface area contributed by atoms with Crippen LogP contribution in [0.25, 0.3) is 0 Å². The second kappa shape index (κ2) is 6.22. The van der Waals surface area contributed by atoms with Crippen LogP contribution >= 0.6 is 0 Å². The predicted octanol–water partition coefficient (Wildman–Crippen LogP) is 2.43. The van der Waals surface area contributed by atoms with Gasteiger partial charge in [0, 0.05) is 12.2 Å². The summed E-state index contributed by atoms with van der Waals surface area (Å²) in [5, 5.41) is 0. The number of hydrazine groups is 1. The lowest BCUT2D eigenvalue weighted by molar-refractivity contribution is 0.00481. The van der Waals surface area contributed by atoms with Gasteiger partial charge in [-0.1, -0.05) is 0 Å². The highest BCUT2D eigenvalue weighted by Gasteiger charge is 2.22. The number of hydrogen-bond acceptors (Lipinski definition) is 3. The zero-order valence-corrected chi connectivity index (χ0v) is 10.2. The van der Waals surface area contributed by atoms with Gasteiger partial charge in [0.25, 0.3) is 0 Å². The van der Waals surface area contributed by atoms with Crippen molar-refractivity contribution in [2.24, 2.45) is 5.84 Å². The molecule has 0 radical (unpaired) electrons.